The van der Waals surface area contributed by atoms with Gasteiger partial charge in [0.2, 0.25) is 11.8 Å². The van der Waals surface area contributed by atoms with Gasteiger partial charge in [0.05, 0.1) is 22.6 Å². The number of hydrogen-bond donors (Lipinski definition) is 2. The number of amides is 2. The molecule has 3 aromatic rings. The Hall–Kier alpha value is -2.86. The van der Waals surface area contributed by atoms with Gasteiger partial charge in [0.25, 0.3) is 0 Å². The number of hydrogen-bond acceptors (Lipinski definition) is 11. The number of anilines is 2. The summed E-state index contributed by atoms with van der Waals surface area (Å²) in [4.78, 5) is 26.8. The number of aryl methyl sites for hydroxylation is 2. The van der Waals surface area contributed by atoms with Gasteiger partial charge in [-0.25, -0.2) is 0 Å². The van der Waals surface area contributed by atoms with Gasteiger partial charge in [0.1, 0.15) is 43.0 Å². The summed E-state index contributed by atoms with van der Waals surface area (Å²) in [5.41, 5.74) is 2.96. The van der Waals surface area contributed by atoms with Gasteiger partial charge >= 0.3 is 0 Å². The molecule has 2 N–H and O–H groups in total. The highest BCUT2D eigenvalue weighted by atomic mass is 32.2. The summed E-state index contributed by atoms with van der Waals surface area (Å²) in [6.07, 6.45) is 0. The van der Waals surface area contributed by atoms with Gasteiger partial charge in [0.15, 0.2) is 0 Å². The van der Waals surface area contributed by atoms with E-state index < -0.39 is 0 Å². The highest BCUT2D eigenvalue weighted by Gasteiger charge is 2.20. The molecule has 8 nitrogen and oxygen atoms in total. The van der Waals surface area contributed by atoms with Crippen molar-refractivity contribution < 1.29 is 9.59 Å². The van der Waals surface area contributed by atoms with Crippen molar-refractivity contribution in [2.45, 2.75) is 36.9 Å². The zero-order valence-electron chi connectivity index (χ0n) is 19.1. The van der Waals surface area contributed by atoms with E-state index in [0.29, 0.717) is 35.9 Å². The minimum atomic E-state index is -0.298. The number of rotatable bonds is 8. The Morgan fingerprint density at radius 2 is 1.26 bits per heavy atom. The molecule has 0 saturated carbocycles. The van der Waals surface area contributed by atoms with E-state index in [1.165, 1.54) is 34.4 Å². The molecule has 0 atom stereocenters. The Bertz CT molecular complexity index is 1330. The molecule has 0 spiro atoms. The third-order valence-electron chi connectivity index (χ3n) is 4.92. The molecule has 0 unspecified atom stereocenters. The smallest absolute Gasteiger partial charge is 0.235 e. The first kappa shape index (κ1) is 26.7. The van der Waals surface area contributed by atoms with Crippen LogP contribution in [-0.4, -0.2) is 27.7 Å². The van der Waals surface area contributed by atoms with Crippen LogP contribution in [0.1, 0.15) is 37.6 Å². The van der Waals surface area contributed by atoms with Gasteiger partial charge in [-0.15, -0.1) is 34.4 Å². The summed E-state index contributed by atoms with van der Waals surface area (Å²) in [6, 6.07) is 6.35. The van der Waals surface area contributed by atoms with Crippen LogP contribution in [0.2, 0.25) is 0 Å². The van der Waals surface area contributed by atoms with E-state index in [4.69, 9.17) is 0 Å². The summed E-state index contributed by atoms with van der Waals surface area (Å²) >= 11 is 6.12. The molecule has 0 aromatic carbocycles. The Labute approximate surface area is 223 Å². The normalized spacial score (nSPS) is 10.3. The summed E-state index contributed by atoms with van der Waals surface area (Å²) < 4.78 is 4.87. The molecule has 0 aliphatic rings. The van der Waals surface area contributed by atoms with Crippen LogP contribution in [0.25, 0.3) is 0 Å². The molecule has 0 fully saturated rings. The molecule has 0 aliphatic carbocycles. The number of nitriles is 3. The Balaban J connectivity index is 1.59. The molecule has 13 heteroatoms. The van der Waals surface area contributed by atoms with Crippen molar-refractivity contribution in [3.8, 4) is 18.2 Å². The Kier molecular flexibility index (Phi) is 8.95. The van der Waals surface area contributed by atoms with Gasteiger partial charge in [-0.05, 0) is 50.4 Å². The number of carbonyl (C=O) groups excluding carboxylic acids is 2. The number of carbonyl (C=O) groups is 2. The molecular weight excluding hydrogens is 541 g/mol. The van der Waals surface area contributed by atoms with Crippen LogP contribution in [0.3, 0.4) is 0 Å². The average Bonchev–Trinajstić information content (AvgIpc) is 3.43. The Morgan fingerprint density at radius 3 is 1.71 bits per heavy atom. The third kappa shape index (κ3) is 6.04. The largest absolute Gasteiger partial charge is 0.316 e. The van der Waals surface area contributed by atoms with Crippen molar-refractivity contribution >= 4 is 79.5 Å². The summed E-state index contributed by atoms with van der Waals surface area (Å²) in [6.45, 7) is 7.47. The molecular formula is C22H18N6O2S5. The predicted molar refractivity (Wildman–Crippen MR) is 143 cm³/mol. The topological polar surface area (TPSA) is 142 Å². The fourth-order valence-corrected chi connectivity index (χ4v) is 7.59. The third-order valence-corrected chi connectivity index (χ3v) is 10.3. The predicted octanol–water partition coefficient (Wildman–Crippen LogP) is 5.58. The maximum Gasteiger partial charge on any atom is 0.235 e. The average molecular weight is 559 g/mol. The second-order valence-electron chi connectivity index (χ2n) is 7.13. The molecule has 2 amide bonds. The molecule has 3 rings (SSSR count). The van der Waals surface area contributed by atoms with Crippen LogP contribution in [0.15, 0.2) is 9.24 Å². The molecule has 0 saturated heterocycles. The van der Waals surface area contributed by atoms with Gasteiger partial charge in [-0.1, -0.05) is 11.8 Å². The first-order valence-corrected chi connectivity index (χ1v) is 14.3. The van der Waals surface area contributed by atoms with Gasteiger partial charge in [-0.3, -0.25) is 9.59 Å². The molecule has 35 heavy (non-hydrogen) atoms. The molecule has 3 aromatic heterocycles. The maximum atomic E-state index is 12.4. The standard InChI is InChI=1S/C22H18N6O2S5/c1-10-12(3)33-19(14(10)5-23)26-17(29)8-31-21-16(7-25)22(35-28-21)32-9-18(30)27-20-15(6-24)11(2)13(4)34-20/h8-9H2,1-4H3,(H,26,29)(H,27,30). The van der Waals surface area contributed by atoms with E-state index in [2.05, 4.69) is 33.2 Å². The van der Waals surface area contributed by atoms with Crippen LogP contribution >= 0.6 is 57.7 Å². The van der Waals surface area contributed by atoms with E-state index in [0.717, 1.165) is 44.2 Å². The summed E-state index contributed by atoms with van der Waals surface area (Å²) in [5.74, 6) is -0.504. The van der Waals surface area contributed by atoms with Crippen molar-refractivity contribution in [2.75, 3.05) is 22.1 Å². The lowest BCUT2D eigenvalue weighted by molar-refractivity contribution is -0.114. The monoisotopic (exact) mass is 558 g/mol. The first-order chi connectivity index (χ1) is 16.7. The second kappa shape index (κ2) is 11.7. The first-order valence-electron chi connectivity index (χ1n) is 9.95. The van der Waals surface area contributed by atoms with Crippen LogP contribution in [-0.2, 0) is 9.59 Å². The van der Waals surface area contributed by atoms with E-state index in [1.54, 1.807) is 0 Å². The number of aromatic nitrogens is 1. The van der Waals surface area contributed by atoms with Crippen LogP contribution in [0, 0.1) is 61.7 Å². The van der Waals surface area contributed by atoms with Gasteiger partial charge < -0.3 is 10.6 Å². The lowest BCUT2D eigenvalue weighted by Crippen LogP contribution is -2.14. The number of thiophene rings is 2. The zero-order valence-corrected chi connectivity index (χ0v) is 23.1. The fraction of sp³-hybridized carbons (Fsp3) is 0.273. The molecule has 0 radical (unpaired) electrons. The fourth-order valence-electron chi connectivity index (χ4n) is 2.84. The second-order valence-corrected chi connectivity index (χ2v) is 12.6. The van der Waals surface area contributed by atoms with E-state index in [1.807, 2.05) is 27.7 Å². The lowest BCUT2D eigenvalue weighted by atomic mass is 10.2. The quantitative estimate of drug-likeness (QED) is 0.341. The molecule has 0 aliphatic heterocycles. The van der Waals surface area contributed by atoms with Crippen LogP contribution < -0.4 is 10.6 Å². The number of nitrogens with one attached hydrogen (secondary N) is 2. The Morgan fingerprint density at radius 1 is 0.800 bits per heavy atom. The van der Waals surface area contributed by atoms with E-state index in [9.17, 15) is 25.4 Å². The minimum Gasteiger partial charge on any atom is -0.316 e. The number of thioether (sulfide) groups is 2. The van der Waals surface area contributed by atoms with Crippen molar-refractivity contribution in [1.29, 1.82) is 15.8 Å². The van der Waals surface area contributed by atoms with Crippen LogP contribution in [0.4, 0.5) is 10.0 Å². The molecule has 178 valence electrons. The van der Waals surface area contributed by atoms with Crippen molar-refractivity contribution in [2.24, 2.45) is 0 Å². The number of nitrogens with zero attached hydrogens (tertiary/aromatic N) is 4. The van der Waals surface area contributed by atoms with E-state index >= 15 is 0 Å². The van der Waals surface area contributed by atoms with Gasteiger partial charge in [0, 0.05) is 9.75 Å². The zero-order chi connectivity index (χ0) is 25.7. The minimum absolute atomic E-state index is 0.0257. The van der Waals surface area contributed by atoms with Crippen molar-refractivity contribution in [3.05, 3.63) is 37.6 Å². The highest BCUT2D eigenvalue weighted by Crippen LogP contribution is 2.36. The van der Waals surface area contributed by atoms with Crippen LogP contribution in [0.5, 0.6) is 0 Å². The highest BCUT2D eigenvalue weighted by molar-refractivity contribution is 8.02. The maximum absolute atomic E-state index is 12.4. The van der Waals surface area contributed by atoms with E-state index in [-0.39, 0.29) is 23.3 Å². The van der Waals surface area contributed by atoms with Crippen molar-refractivity contribution in [3.63, 3.8) is 0 Å². The summed E-state index contributed by atoms with van der Waals surface area (Å²) in [7, 11) is 0. The molecule has 0 bridgehead atoms. The van der Waals surface area contributed by atoms with Crippen molar-refractivity contribution in [1.82, 2.24) is 4.37 Å². The summed E-state index contributed by atoms with van der Waals surface area (Å²) in [5, 5.41) is 35.3. The SMILES string of the molecule is Cc1sc(NC(=O)CSc2nsc(SCC(=O)Nc3sc(C)c(C)c3C#N)c2C#N)c(C#N)c1C. The molecule has 3 heterocycles. The lowest BCUT2D eigenvalue weighted by Gasteiger charge is -2.03. The van der Waals surface area contributed by atoms with Gasteiger partial charge in [-0.2, -0.15) is 20.2 Å².